The first-order valence-corrected chi connectivity index (χ1v) is 6.09. The SMILES string of the molecule is CCCC[N+](CC)(CC)CCCC.[B]. The van der Waals surface area contributed by atoms with Crippen molar-refractivity contribution in [2.75, 3.05) is 26.2 Å². The van der Waals surface area contributed by atoms with Crippen molar-refractivity contribution in [2.24, 2.45) is 0 Å². The number of nitrogens with zero attached hydrogens (tertiary/aromatic N) is 1. The second-order valence-electron chi connectivity index (χ2n) is 4.13. The second-order valence-corrected chi connectivity index (χ2v) is 4.13. The van der Waals surface area contributed by atoms with Gasteiger partial charge in [-0.05, 0) is 26.7 Å². The van der Waals surface area contributed by atoms with Crippen molar-refractivity contribution in [3.63, 3.8) is 0 Å². The molecule has 1 nitrogen and oxygen atoms in total. The smallest absolute Gasteiger partial charge is 0.0786 e. The molecule has 0 aliphatic rings. The summed E-state index contributed by atoms with van der Waals surface area (Å²) in [5.74, 6) is 0. The van der Waals surface area contributed by atoms with Crippen LogP contribution in [-0.4, -0.2) is 39.1 Å². The molecule has 0 amide bonds. The minimum atomic E-state index is 0. The van der Waals surface area contributed by atoms with Gasteiger partial charge in [0.15, 0.2) is 0 Å². The third-order valence-electron chi connectivity index (χ3n) is 3.31. The lowest BCUT2D eigenvalue weighted by atomic mass is 10.2. The van der Waals surface area contributed by atoms with Gasteiger partial charge in [0.2, 0.25) is 0 Å². The van der Waals surface area contributed by atoms with Gasteiger partial charge < -0.3 is 4.48 Å². The molecule has 0 aromatic carbocycles. The summed E-state index contributed by atoms with van der Waals surface area (Å²) in [6.07, 6.45) is 5.47. The van der Waals surface area contributed by atoms with E-state index in [2.05, 4.69) is 27.7 Å². The minimum absolute atomic E-state index is 0. The van der Waals surface area contributed by atoms with Crippen molar-refractivity contribution >= 4 is 8.41 Å². The topological polar surface area (TPSA) is 0 Å². The Morgan fingerprint density at radius 3 is 1.29 bits per heavy atom. The number of quaternary nitrogens is 1. The van der Waals surface area contributed by atoms with Gasteiger partial charge in [-0.2, -0.15) is 0 Å². The molecule has 0 saturated carbocycles. The lowest BCUT2D eigenvalue weighted by molar-refractivity contribution is -0.925. The molecule has 83 valence electrons. The highest BCUT2D eigenvalue weighted by molar-refractivity contribution is 5.75. The monoisotopic (exact) mass is 197 g/mol. The van der Waals surface area contributed by atoms with E-state index in [0.29, 0.717) is 0 Å². The van der Waals surface area contributed by atoms with E-state index in [9.17, 15) is 0 Å². The standard InChI is InChI=1S/C12H28N.B/c1-5-9-11-13(7-3,8-4)12-10-6-2;/h5-12H2,1-4H3;/q+1;. The third kappa shape index (κ3) is 5.69. The number of hydrogen-bond donors (Lipinski definition) is 0. The predicted octanol–water partition coefficient (Wildman–Crippen LogP) is 3.06. The highest BCUT2D eigenvalue weighted by Gasteiger charge is 2.20. The van der Waals surface area contributed by atoms with Gasteiger partial charge in [-0.25, -0.2) is 0 Å². The Hall–Kier alpha value is 0.0249. The van der Waals surface area contributed by atoms with Crippen LogP contribution in [0.1, 0.15) is 53.4 Å². The van der Waals surface area contributed by atoms with Crippen LogP contribution >= 0.6 is 0 Å². The molecule has 0 spiro atoms. The zero-order chi connectivity index (χ0) is 10.2. The molecule has 0 aliphatic carbocycles. The number of unbranched alkanes of at least 4 members (excludes halogenated alkanes) is 2. The van der Waals surface area contributed by atoms with E-state index < -0.39 is 0 Å². The summed E-state index contributed by atoms with van der Waals surface area (Å²) in [4.78, 5) is 0. The average molecular weight is 197 g/mol. The summed E-state index contributed by atoms with van der Waals surface area (Å²) in [7, 11) is 0. The molecule has 0 aromatic rings. The summed E-state index contributed by atoms with van der Waals surface area (Å²) in [6.45, 7) is 14.7. The van der Waals surface area contributed by atoms with E-state index >= 15 is 0 Å². The van der Waals surface area contributed by atoms with E-state index in [0.717, 1.165) is 0 Å². The molecular weight excluding hydrogens is 169 g/mol. The number of hydrogen-bond acceptors (Lipinski definition) is 0. The van der Waals surface area contributed by atoms with Gasteiger partial charge in [0.05, 0.1) is 26.2 Å². The maximum Gasteiger partial charge on any atom is 0.0786 e. The zero-order valence-electron chi connectivity index (χ0n) is 10.7. The molecule has 0 aliphatic heterocycles. The van der Waals surface area contributed by atoms with Crippen molar-refractivity contribution < 1.29 is 4.48 Å². The summed E-state index contributed by atoms with van der Waals surface area (Å²) in [5.41, 5.74) is 0. The molecular formula is C12H28BN+. The van der Waals surface area contributed by atoms with Crippen molar-refractivity contribution in [3.8, 4) is 0 Å². The lowest BCUT2D eigenvalue weighted by Gasteiger charge is -2.37. The molecule has 0 saturated heterocycles. The van der Waals surface area contributed by atoms with Crippen molar-refractivity contribution in [2.45, 2.75) is 53.4 Å². The van der Waals surface area contributed by atoms with Crippen LogP contribution in [0.25, 0.3) is 0 Å². The maximum absolute atomic E-state index is 2.34. The Balaban J connectivity index is 0. The van der Waals surface area contributed by atoms with Gasteiger partial charge in [-0.1, -0.05) is 26.7 Å². The van der Waals surface area contributed by atoms with Gasteiger partial charge >= 0.3 is 0 Å². The predicted molar refractivity (Wildman–Crippen MR) is 66.6 cm³/mol. The highest BCUT2D eigenvalue weighted by atomic mass is 15.3. The van der Waals surface area contributed by atoms with Crippen LogP contribution in [0.3, 0.4) is 0 Å². The molecule has 2 heteroatoms. The summed E-state index contributed by atoms with van der Waals surface area (Å²) >= 11 is 0. The third-order valence-corrected chi connectivity index (χ3v) is 3.31. The van der Waals surface area contributed by atoms with E-state index in [1.165, 1.54) is 56.3 Å². The maximum atomic E-state index is 2.34. The van der Waals surface area contributed by atoms with Crippen LogP contribution in [-0.2, 0) is 0 Å². The second kappa shape index (κ2) is 9.58. The fraction of sp³-hybridized carbons (Fsp3) is 1.00. The Morgan fingerprint density at radius 1 is 0.714 bits per heavy atom. The molecule has 3 radical (unpaired) electrons. The van der Waals surface area contributed by atoms with Gasteiger partial charge in [-0.3, -0.25) is 0 Å². The van der Waals surface area contributed by atoms with Crippen LogP contribution in [0.5, 0.6) is 0 Å². The lowest BCUT2D eigenvalue weighted by Crippen LogP contribution is -2.49. The fourth-order valence-corrected chi connectivity index (χ4v) is 1.95. The van der Waals surface area contributed by atoms with Crippen molar-refractivity contribution in [1.82, 2.24) is 0 Å². The molecule has 0 aromatic heterocycles. The largest absolute Gasteiger partial charge is 0.324 e. The van der Waals surface area contributed by atoms with Crippen LogP contribution < -0.4 is 0 Å². The summed E-state index contributed by atoms with van der Waals surface area (Å²) < 4.78 is 1.35. The van der Waals surface area contributed by atoms with Crippen molar-refractivity contribution in [1.29, 1.82) is 0 Å². The summed E-state index contributed by atoms with van der Waals surface area (Å²) in [5, 5.41) is 0. The molecule has 0 fully saturated rings. The van der Waals surface area contributed by atoms with E-state index in [1.807, 2.05) is 0 Å². The Kier molecular flexibility index (Phi) is 11.3. The molecule has 0 N–H and O–H groups in total. The first-order chi connectivity index (χ1) is 6.24. The van der Waals surface area contributed by atoms with Gasteiger partial charge in [0.1, 0.15) is 0 Å². The fourth-order valence-electron chi connectivity index (χ4n) is 1.95. The zero-order valence-corrected chi connectivity index (χ0v) is 10.7. The average Bonchev–Trinajstić information content (AvgIpc) is 2.20. The molecule has 0 rings (SSSR count). The Morgan fingerprint density at radius 2 is 1.07 bits per heavy atom. The van der Waals surface area contributed by atoms with E-state index in [1.54, 1.807) is 0 Å². The van der Waals surface area contributed by atoms with E-state index in [-0.39, 0.29) is 8.41 Å². The molecule has 14 heavy (non-hydrogen) atoms. The Bertz CT molecular complexity index is 101. The normalized spacial score (nSPS) is 11.1. The van der Waals surface area contributed by atoms with Gasteiger partial charge in [0.25, 0.3) is 0 Å². The van der Waals surface area contributed by atoms with Crippen LogP contribution in [0.2, 0.25) is 0 Å². The molecule has 0 unspecified atom stereocenters. The minimum Gasteiger partial charge on any atom is -0.324 e. The van der Waals surface area contributed by atoms with Crippen LogP contribution in [0.15, 0.2) is 0 Å². The first kappa shape index (κ1) is 16.5. The Labute approximate surface area is 93.0 Å². The highest BCUT2D eigenvalue weighted by Crippen LogP contribution is 2.11. The van der Waals surface area contributed by atoms with Crippen LogP contribution in [0, 0.1) is 0 Å². The van der Waals surface area contributed by atoms with E-state index in [4.69, 9.17) is 0 Å². The number of rotatable bonds is 8. The molecule has 0 atom stereocenters. The first-order valence-electron chi connectivity index (χ1n) is 6.09. The van der Waals surface area contributed by atoms with Gasteiger partial charge in [0, 0.05) is 8.41 Å². The molecule has 0 heterocycles. The summed E-state index contributed by atoms with van der Waals surface area (Å²) in [6, 6.07) is 0. The van der Waals surface area contributed by atoms with Crippen molar-refractivity contribution in [3.05, 3.63) is 0 Å². The molecule has 0 bridgehead atoms. The quantitative estimate of drug-likeness (QED) is 0.414. The van der Waals surface area contributed by atoms with Crippen LogP contribution in [0.4, 0.5) is 0 Å². The van der Waals surface area contributed by atoms with Gasteiger partial charge in [-0.15, -0.1) is 0 Å².